The van der Waals surface area contributed by atoms with Gasteiger partial charge in [0.2, 0.25) is 5.91 Å². The predicted octanol–water partition coefficient (Wildman–Crippen LogP) is 1.75. The first-order valence-corrected chi connectivity index (χ1v) is 7.95. The number of hydrogen-bond acceptors (Lipinski definition) is 5. The molecule has 0 heterocycles. The fraction of sp³-hybridized carbons (Fsp3) is 0.211. The van der Waals surface area contributed by atoms with Gasteiger partial charge in [-0.2, -0.15) is 0 Å². The Balaban J connectivity index is 1.89. The van der Waals surface area contributed by atoms with Gasteiger partial charge in [-0.25, -0.2) is 9.18 Å². The number of nitrogens with two attached hydrogens (primary N) is 1. The Labute approximate surface area is 155 Å². The van der Waals surface area contributed by atoms with Crippen molar-refractivity contribution in [2.75, 3.05) is 20.8 Å². The quantitative estimate of drug-likeness (QED) is 0.745. The van der Waals surface area contributed by atoms with E-state index in [4.69, 9.17) is 15.2 Å². The van der Waals surface area contributed by atoms with Crippen molar-refractivity contribution < 1.29 is 28.2 Å². The first kappa shape index (κ1) is 19.9. The SMILES string of the molecule is COc1ccc(CN(C)C(=O)COC(=O)c2ccc(C(N)=O)cc2)cc1F. The summed E-state index contributed by atoms with van der Waals surface area (Å²) in [6, 6.07) is 9.94. The number of carbonyl (C=O) groups excluding carboxylic acids is 3. The molecule has 7 nitrogen and oxygen atoms in total. The van der Waals surface area contributed by atoms with Crippen LogP contribution < -0.4 is 10.5 Å². The van der Waals surface area contributed by atoms with E-state index in [-0.39, 0.29) is 23.4 Å². The number of methoxy groups -OCH3 is 1. The van der Waals surface area contributed by atoms with E-state index in [1.165, 1.54) is 55.5 Å². The van der Waals surface area contributed by atoms with Gasteiger partial charge in [0.25, 0.3) is 5.91 Å². The van der Waals surface area contributed by atoms with Gasteiger partial charge in [-0.1, -0.05) is 6.07 Å². The second-order valence-electron chi connectivity index (χ2n) is 5.74. The van der Waals surface area contributed by atoms with E-state index >= 15 is 0 Å². The van der Waals surface area contributed by atoms with E-state index in [2.05, 4.69) is 0 Å². The Morgan fingerprint density at radius 2 is 1.70 bits per heavy atom. The number of nitrogens with zero attached hydrogens (tertiary/aromatic N) is 1. The third-order valence-corrected chi connectivity index (χ3v) is 3.79. The molecule has 8 heteroatoms. The number of rotatable bonds is 7. The molecular weight excluding hydrogens is 355 g/mol. The average Bonchev–Trinajstić information content (AvgIpc) is 2.66. The molecule has 2 aromatic carbocycles. The van der Waals surface area contributed by atoms with Crippen molar-refractivity contribution in [2.24, 2.45) is 5.73 Å². The molecule has 27 heavy (non-hydrogen) atoms. The van der Waals surface area contributed by atoms with Gasteiger partial charge in [0.1, 0.15) is 0 Å². The van der Waals surface area contributed by atoms with E-state index in [1.807, 2.05) is 0 Å². The van der Waals surface area contributed by atoms with Crippen LogP contribution in [0.3, 0.4) is 0 Å². The van der Waals surface area contributed by atoms with Crippen LogP contribution >= 0.6 is 0 Å². The number of amides is 2. The molecule has 0 fully saturated rings. The van der Waals surface area contributed by atoms with Crippen LogP contribution in [0.2, 0.25) is 0 Å². The number of primary amides is 1. The van der Waals surface area contributed by atoms with Gasteiger partial charge in [0.05, 0.1) is 12.7 Å². The van der Waals surface area contributed by atoms with Crippen LogP contribution in [-0.4, -0.2) is 43.4 Å². The fourth-order valence-electron chi connectivity index (χ4n) is 2.26. The lowest BCUT2D eigenvalue weighted by Gasteiger charge is -2.17. The Bertz CT molecular complexity index is 852. The highest BCUT2D eigenvalue weighted by Crippen LogP contribution is 2.18. The van der Waals surface area contributed by atoms with Crippen LogP contribution in [0.5, 0.6) is 5.75 Å². The van der Waals surface area contributed by atoms with Gasteiger partial charge in [0.15, 0.2) is 18.2 Å². The third kappa shape index (κ3) is 5.27. The monoisotopic (exact) mass is 374 g/mol. The van der Waals surface area contributed by atoms with E-state index in [0.29, 0.717) is 5.56 Å². The minimum absolute atomic E-state index is 0.115. The maximum absolute atomic E-state index is 13.7. The van der Waals surface area contributed by atoms with Crippen LogP contribution in [0.4, 0.5) is 4.39 Å². The summed E-state index contributed by atoms with van der Waals surface area (Å²) in [6.45, 7) is -0.323. The lowest BCUT2D eigenvalue weighted by atomic mass is 10.1. The molecule has 0 aliphatic carbocycles. The summed E-state index contributed by atoms with van der Waals surface area (Å²) in [5.41, 5.74) is 6.14. The van der Waals surface area contributed by atoms with Crippen molar-refractivity contribution >= 4 is 17.8 Å². The topological polar surface area (TPSA) is 98.9 Å². The summed E-state index contributed by atoms with van der Waals surface area (Å²) in [6.07, 6.45) is 0. The standard InChI is InChI=1S/C19H19FN2O5/c1-22(10-12-3-8-16(26-2)15(20)9-12)17(23)11-27-19(25)14-6-4-13(5-7-14)18(21)24/h3-9H,10-11H2,1-2H3,(H2,21,24). The fourth-order valence-corrected chi connectivity index (χ4v) is 2.26. The summed E-state index contributed by atoms with van der Waals surface area (Å²) < 4.78 is 23.5. The normalized spacial score (nSPS) is 10.2. The van der Waals surface area contributed by atoms with Crippen LogP contribution in [0, 0.1) is 5.82 Å². The summed E-state index contributed by atoms with van der Waals surface area (Å²) in [4.78, 5) is 36.4. The Morgan fingerprint density at radius 1 is 1.07 bits per heavy atom. The molecule has 0 spiro atoms. The van der Waals surface area contributed by atoms with Gasteiger partial charge in [-0.3, -0.25) is 9.59 Å². The van der Waals surface area contributed by atoms with Crippen molar-refractivity contribution in [1.29, 1.82) is 0 Å². The molecule has 0 aliphatic heterocycles. The number of hydrogen-bond donors (Lipinski definition) is 1. The summed E-state index contributed by atoms with van der Waals surface area (Å²) in [5.74, 6) is -2.18. The van der Waals surface area contributed by atoms with Gasteiger partial charge >= 0.3 is 5.97 Å². The van der Waals surface area contributed by atoms with Gasteiger partial charge < -0.3 is 20.1 Å². The van der Waals surface area contributed by atoms with Crippen molar-refractivity contribution in [3.05, 3.63) is 65.0 Å². The second kappa shape index (κ2) is 8.79. The van der Waals surface area contributed by atoms with Gasteiger partial charge in [0, 0.05) is 19.2 Å². The largest absolute Gasteiger partial charge is 0.494 e. The van der Waals surface area contributed by atoms with E-state index in [9.17, 15) is 18.8 Å². The molecule has 0 atom stereocenters. The Morgan fingerprint density at radius 3 is 2.26 bits per heavy atom. The molecule has 0 bridgehead atoms. The highest BCUT2D eigenvalue weighted by molar-refractivity contribution is 5.95. The Hall–Kier alpha value is -3.42. The zero-order valence-corrected chi connectivity index (χ0v) is 14.9. The number of benzene rings is 2. The van der Waals surface area contributed by atoms with Crippen LogP contribution in [0.15, 0.2) is 42.5 Å². The maximum atomic E-state index is 13.7. The molecule has 0 unspecified atom stereocenters. The minimum atomic E-state index is -0.705. The first-order chi connectivity index (χ1) is 12.8. The number of ether oxygens (including phenoxy) is 2. The molecule has 2 amide bonds. The van der Waals surface area contributed by atoms with Crippen molar-refractivity contribution in [1.82, 2.24) is 4.90 Å². The molecule has 2 rings (SSSR count). The van der Waals surface area contributed by atoms with Crippen LogP contribution in [-0.2, 0) is 16.1 Å². The van der Waals surface area contributed by atoms with Crippen molar-refractivity contribution in [3.8, 4) is 5.75 Å². The van der Waals surface area contributed by atoms with E-state index < -0.39 is 30.2 Å². The van der Waals surface area contributed by atoms with E-state index in [1.54, 1.807) is 6.07 Å². The summed E-state index contributed by atoms with van der Waals surface area (Å²) in [7, 11) is 2.88. The first-order valence-electron chi connectivity index (χ1n) is 7.95. The lowest BCUT2D eigenvalue weighted by molar-refractivity contribution is -0.133. The second-order valence-corrected chi connectivity index (χ2v) is 5.74. The highest BCUT2D eigenvalue weighted by atomic mass is 19.1. The van der Waals surface area contributed by atoms with Crippen molar-refractivity contribution in [3.63, 3.8) is 0 Å². The minimum Gasteiger partial charge on any atom is -0.494 e. The Kier molecular flexibility index (Phi) is 6.48. The average molecular weight is 374 g/mol. The molecule has 0 aliphatic rings. The molecule has 2 aromatic rings. The molecule has 2 N–H and O–H groups in total. The number of halogens is 1. The zero-order valence-electron chi connectivity index (χ0n) is 14.9. The summed E-state index contributed by atoms with van der Waals surface area (Å²) >= 11 is 0. The highest BCUT2D eigenvalue weighted by Gasteiger charge is 2.15. The van der Waals surface area contributed by atoms with Crippen LogP contribution in [0.1, 0.15) is 26.3 Å². The molecule has 0 radical (unpaired) electrons. The molecule has 0 saturated carbocycles. The number of carbonyl (C=O) groups is 3. The lowest BCUT2D eigenvalue weighted by Crippen LogP contribution is -2.30. The molecule has 0 aromatic heterocycles. The van der Waals surface area contributed by atoms with E-state index in [0.717, 1.165) is 0 Å². The van der Waals surface area contributed by atoms with Crippen molar-refractivity contribution in [2.45, 2.75) is 6.54 Å². The molecule has 142 valence electrons. The number of esters is 1. The number of likely N-dealkylation sites (N-methyl/N-ethyl adjacent to an activating group) is 1. The van der Waals surface area contributed by atoms with Gasteiger partial charge in [-0.05, 0) is 42.0 Å². The van der Waals surface area contributed by atoms with Gasteiger partial charge in [-0.15, -0.1) is 0 Å². The predicted molar refractivity (Wildman–Crippen MR) is 94.7 cm³/mol. The maximum Gasteiger partial charge on any atom is 0.338 e. The zero-order chi connectivity index (χ0) is 20.0. The van der Waals surface area contributed by atoms with Crippen LogP contribution in [0.25, 0.3) is 0 Å². The third-order valence-electron chi connectivity index (χ3n) is 3.79. The summed E-state index contributed by atoms with van der Waals surface area (Å²) in [5, 5.41) is 0. The molecular formula is C19H19FN2O5. The molecule has 0 saturated heterocycles. The smallest absolute Gasteiger partial charge is 0.338 e.